The lowest BCUT2D eigenvalue weighted by atomic mass is 9.89. The Morgan fingerprint density at radius 3 is 2.81 bits per heavy atom. The molecule has 3 nitrogen and oxygen atoms in total. The molecule has 0 atom stereocenters. The van der Waals surface area contributed by atoms with Crippen molar-refractivity contribution >= 4 is 16.9 Å². The molecule has 1 fully saturated rings. The van der Waals surface area contributed by atoms with Crippen molar-refractivity contribution in [2.75, 3.05) is 0 Å². The molecule has 1 aromatic carbocycles. The van der Waals surface area contributed by atoms with Crippen LogP contribution < -0.4 is 0 Å². The molecule has 0 amide bonds. The van der Waals surface area contributed by atoms with Gasteiger partial charge in [-0.05, 0) is 55.9 Å². The van der Waals surface area contributed by atoms with Crippen molar-refractivity contribution < 1.29 is 13.9 Å². The highest BCUT2D eigenvalue weighted by Gasteiger charge is 2.21. The molecule has 1 aliphatic carbocycles. The number of halogens is 1. The molecular weight excluding hydrogens is 269 g/mol. The highest BCUT2D eigenvalue weighted by atomic mass is 19.1. The fraction of sp³-hybridized carbons (Fsp3) is 0.471. The third kappa shape index (κ3) is 3.26. The van der Waals surface area contributed by atoms with Crippen LogP contribution in [-0.4, -0.2) is 16.6 Å². The minimum absolute atomic E-state index is 0.0629. The van der Waals surface area contributed by atoms with Crippen LogP contribution in [0.25, 0.3) is 10.9 Å². The van der Waals surface area contributed by atoms with Crippen LogP contribution in [-0.2, 0) is 16.1 Å². The van der Waals surface area contributed by atoms with Crippen molar-refractivity contribution in [3.8, 4) is 0 Å². The summed E-state index contributed by atoms with van der Waals surface area (Å²) in [6.07, 6.45) is 6.05. The monoisotopic (exact) mass is 289 g/mol. The van der Waals surface area contributed by atoms with Crippen molar-refractivity contribution in [1.29, 1.82) is 0 Å². The molecule has 3 rings (SSSR count). The van der Waals surface area contributed by atoms with Gasteiger partial charge in [-0.2, -0.15) is 0 Å². The molecule has 0 bridgehead atoms. The maximum atomic E-state index is 13.1. The van der Waals surface area contributed by atoms with Crippen molar-refractivity contribution in [3.05, 3.63) is 36.3 Å². The number of esters is 1. The number of hydrogen-bond donors (Lipinski definition) is 0. The molecule has 1 aromatic heterocycles. The number of aromatic nitrogens is 1. The van der Waals surface area contributed by atoms with E-state index in [0.717, 1.165) is 42.5 Å². The van der Waals surface area contributed by atoms with E-state index in [0.29, 0.717) is 0 Å². The van der Waals surface area contributed by atoms with Gasteiger partial charge in [0, 0.05) is 17.1 Å². The zero-order chi connectivity index (χ0) is 14.8. The number of hydrogen-bond acceptors (Lipinski definition) is 2. The second kappa shape index (κ2) is 5.88. The second-order valence-corrected chi connectivity index (χ2v) is 6.02. The minimum Gasteiger partial charge on any atom is -0.461 e. The quantitative estimate of drug-likeness (QED) is 0.802. The molecule has 0 saturated heterocycles. The van der Waals surface area contributed by atoms with Crippen molar-refractivity contribution in [2.45, 2.75) is 45.3 Å². The standard InChI is InChI=1S/C17H20FNO2/c1-12-2-5-15(6-3-12)21-17(20)11-19-9-8-13-10-14(18)4-7-16(13)19/h4,7-10,12,15H,2-3,5-6,11H2,1H3. The molecule has 21 heavy (non-hydrogen) atoms. The van der Waals surface area contributed by atoms with Crippen molar-refractivity contribution in [3.63, 3.8) is 0 Å². The first-order valence-electron chi connectivity index (χ1n) is 7.55. The molecule has 0 radical (unpaired) electrons. The van der Waals surface area contributed by atoms with Crippen molar-refractivity contribution in [1.82, 2.24) is 4.57 Å². The number of rotatable bonds is 3. The molecule has 0 spiro atoms. The van der Waals surface area contributed by atoms with Crippen LogP contribution in [0.5, 0.6) is 0 Å². The number of nitrogens with zero attached hydrogens (tertiary/aromatic N) is 1. The Kier molecular flexibility index (Phi) is 3.95. The summed E-state index contributed by atoms with van der Waals surface area (Å²) in [6.45, 7) is 2.42. The molecule has 4 heteroatoms. The lowest BCUT2D eigenvalue weighted by Crippen LogP contribution is -2.25. The van der Waals surface area contributed by atoms with Gasteiger partial charge in [0.1, 0.15) is 18.5 Å². The fourth-order valence-electron chi connectivity index (χ4n) is 3.02. The summed E-state index contributed by atoms with van der Waals surface area (Å²) in [4.78, 5) is 12.1. The molecule has 1 aliphatic rings. The second-order valence-electron chi connectivity index (χ2n) is 6.02. The minimum atomic E-state index is -0.265. The first kappa shape index (κ1) is 14.1. The lowest BCUT2D eigenvalue weighted by molar-refractivity contribution is -0.151. The summed E-state index contributed by atoms with van der Waals surface area (Å²) in [7, 11) is 0. The average molecular weight is 289 g/mol. The Balaban J connectivity index is 1.63. The van der Waals surface area contributed by atoms with Crippen LogP contribution in [0.4, 0.5) is 4.39 Å². The van der Waals surface area contributed by atoms with E-state index in [2.05, 4.69) is 6.92 Å². The summed E-state index contributed by atoms with van der Waals surface area (Å²) >= 11 is 0. The van der Waals surface area contributed by atoms with E-state index >= 15 is 0 Å². The summed E-state index contributed by atoms with van der Waals surface area (Å²) in [6, 6.07) is 6.39. The third-order valence-corrected chi connectivity index (χ3v) is 4.29. The number of ether oxygens (including phenoxy) is 1. The average Bonchev–Trinajstić information content (AvgIpc) is 2.83. The fourth-order valence-corrected chi connectivity index (χ4v) is 3.02. The zero-order valence-electron chi connectivity index (χ0n) is 12.2. The van der Waals surface area contributed by atoms with Crippen LogP contribution in [0.15, 0.2) is 30.5 Å². The number of fused-ring (bicyclic) bond motifs is 1. The van der Waals surface area contributed by atoms with E-state index in [1.165, 1.54) is 12.1 Å². The summed E-state index contributed by atoms with van der Waals surface area (Å²) in [5.41, 5.74) is 0.852. The number of carbonyl (C=O) groups excluding carboxylic acids is 1. The molecule has 0 aliphatic heterocycles. The summed E-state index contributed by atoms with van der Waals surface area (Å²) in [5, 5.41) is 0.800. The van der Waals surface area contributed by atoms with E-state index < -0.39 is 0 Å². The molecule has 0 N–H and O–H groups in total. The summed E-state index contributed by atoms with van der Waals surface area (Å²) in [5.74, 6) is 0.263. The van der Waals surface area contributed by atoms with E-state index in [1.54, 1.807) is 12.3 Å². The molecule has 1 heterocycles. The van der Waals surface area contributed by atoms with Crippen molar-refractivity contribution in [2.24, 2.45) is 5.92 Å². The van der Waals surface area contributed by atoms with Gasteiger partial charge < -0.3 is 9.30 Å². The van der Waals surface area contributed by atoms with E-state index in [9.17, 15) is 9.18 Å². The molecule has 112 valence electrons. The predicted octanol–water partition coefficient (Wildman–Crippen LogP) is 3.90. The lowest BCUT2D eigenvalue weighted by Gasteiger charge is -2.26. The highest BCUT2D eigenvalue weighted by molar-refractivity contribution is 5.82. The van der Waals surface area contributed by atoms with Gasteiger partial charge in [0.05, 0.1) is 0 Å². The first-order valence-corrected chi connectivity index (χ1v) is 7.55. The van der Waals surface area contributed by atoms with E-state index in [4.69, 9.17) is 4.74 Å². The Hall–Kier alpha value is -1.84. The highest BCUT2D eigenvalue weighted by Crippen LogP contribution is 2.26. The van der Waals surface area contributed by atoms with Gasteiger partial charge in [0.25, 0.3) is 0 Å². The van der Waals surface area contributed by atoms with Gasteiger partial charge in [0.15, 0.2) is 0 Å². The largest absolute Gasteiger partial charge is 0.461 e. The number of carbonyl (C=O) groups is 1. The predicted molar refractivity (Wildman–Crippen MR) is 79.4 cm³/mol. The third-order valence-electron chi connectivity index (χ3n) is 4.29. The van der Waals surface area contributed by atoms with E-state index in [1.807, 2.05) is 10.6 Å². The number of benzene rings is 1. The molecular formula is C17H20FNO2. The normalized spacial score (nSPS) is 22.4. The topological polar surface area (TPSA) is 31.2 Å². The van der Waals surface area contributed by atoms with E-state index in [-0.39, 0.29) is 24.4 Å². The maximum absolute atomic E-state index is 13.1. The van der Waals surface area contributed by atoms with Crippen LogP contribution in [0, 0.1) is 11.7 Å². The van der Waals surface area contributed by atoms with Gasteiger partial charge in [-0.3, -0.25) is 4.79 Å². The van der Waals surface area contributed by atoms with Gasteiger partial charge >= 0.3 is 5.97 Å². The Bertz CT molecular complexity index is 641. The zero-order valence-corrected chi connectivity index (χ0v) is 12.2. The van der Waals surface area contributed by atoms with Gasteiger partial charge in [-0.1, -0.05) is 6.92 Å². The van der Waals surface area contributed by atoms with Crippen LogP contribution in [0.1, 0.15) is 32.6 Å². The molecule has 1 saturated carbocycles. The Morgan fingerprint density at radius 1 is 1.29 bits per heavy atom. The maximum Gasteiger partial charge on any atom is 0.326 e. The van der Waals surface area contributed by atoms with Gasteiger partial charge in [0.2, 0.25) is 0 Å². The smallest absolute Gasteiger partial charge is 0.326 e. The van der Waals surface area contributed by atoms with Crippen LogP contribution in [0.2, 0.25) is 0 Å². The van der Waals surface area contributed by atoms with Crippen LogP contribution in [0.3, 0.4) is 0 Å². The Labute approximate surface area is 123 Å². The first-order chi connectivity index (χ1) is 10.1. The summed E-state index contributed by atoms with van der Waals surface area (Å²) < 4.78 is 20.5. The van der Waals surface area contributed by atoms with Gasteiger partial charge in [-0.15, -0.1) is 0 Å². The molecule has 2 aromatic rings. The van der Waals surface area contributed by atoms with Gasteiger partial charge in [-0.25, -0.2) is 4.39 Å². The Morgan fingerprint density at radius 2 is 2.05 bits per heavy atom. The van der Waals surface area contributed by atoms with Crippen LogP contribution >= 0.6 is 0 Å². The SMILES string of the molecule is CC1CCC(OC(=O)Cn2ccc3cc(F)ccc32)CC1. The molecule has 0 unspecified atom stereocenters.